The van der Waals surface area contributed by atoms with Crippen molar-refractivity contribution in [2.45, 2.75) is 33.2 Å². The molecule has 1 unspecified atom stereocenters. The number of carbonyl (C=O) groups excluding carboxylic acids is 1. The number of nitrogens with two attached hydrogens (primary N) is 1. The number of rotatable bonds is 3. The van der Waals surface area contributed by atoms with E-state index in [-0.39, 0.29) is 17.4 Å². The Kier molecular flexibility index (Phi) is 5.37. The van der Waals surface area contributed by atoms with Crippen LogP contribution in [0, 0.1) is 5.41 Å². The lowest BCUT2D eigenvalue weighted by Crippen LogP contribution is -2.38. The van der Waals surface area contributed by atoms with E-state index < -0.39 is 0 Å². The predicted molar refractivity (Wildman–Crippen MR) is 82.5 cm³/mol. The van der Waals surface area contributed by atoms with Crippen LogP contribution in [0.2, 0.25) is 0 Å². The van der Waals surface area contributed by atoms with Gasteiger partial charge in [0, 0.05) is 21.4 Å². The Balaban J connectivity index is 2.72. The molecule has 1 amide bonds. The third kappa shape index (κ3) is 4.37. The molecule has 1 aromatic carbocycles. The Labute approximate surface area is 125 Å². The molecular formula is C13H18Br2N2O. The van der Waals surface area contributed by atoms with Gasteiger partial charge < -0.3 is 11.1 Å². The molecule has 0 saturated carbocycles. The van der Waals surface area contributed by atoms with Crippen LogP contribution in [0.3, 0.4) is 0 Å². The standard InChI is InChI=1S/C13H18Br2N2O/c1-13(2,3)10(16)7-11(18)17-12-8(14)5-4-6-9(12)15/h4-6,10H,7,16H2,1-3H3,(H,17,18). The topological polar surface area (TPSA) is 55.1 Å². The lowest BCUT2D eigenvalue weighted by molar-refractivity contribution is -0.117. The fourth-order valence-electron chi connectivity index (χ4n) is 1.31. The summed E-state index contributed by atoms with van der Waals surface area (Å²) in [5.41, 5.74) is 6.66. The molecule has 0 bridgehead atoms. The van der Waals surface area contributed by atoms with Gasteiger partial charge in [-0.15, -0.1) is 0 Å². The molecular weight excluding hydrogens is 360 g/mol. The number of amides is 1. The van der Waals surface area contributed by atoms with E-state index in [0.717, 1.165) is 14.6 Å². The van der Waals surface area contributed by atoms with Crippen molar-refractivity contribution in [3.63, 3.8) is 0 Å². The van der Waals surface area contributed by atoms with E-state index in [1.165, 1.54) is 0 Å². The number of carbonyl (C=O) groups is 1. The molecule has 3 nitrogen and oxygen atoms in total. The number of hydrogen-bond donors (Lipinski definition) is 2. The molecule has 0 aliphatic rings. The van der Waals surface area contributed by atoms with Crippen LogP contribution in [0.1, 0.15) is 27.2 Å². The van der Waals surface area contributed by atoms with Gasteiger partial charge in [-0.25, -0.2) is 0 Å². The van der Waals surface area contributed by atoms with Gasteiger partial charge in [-0.1, -0.05) is 26.8 Å². The fraction of sp³-hybridized carbons (Fsp3) is 0.462. The van der Waals surface area contributed by atoms with Gasteiger partial charge >= 0.3 is 0 Å². The van der Waals surface area contributed by atoms with Crippen molar-refractivity contribution in [3.05, 3.63) is 27.1 Å². The summed E-state index contributed by atoms with van der Waals surface area (Å²) in [6, 6.07) is 5.48. The molecule has 1 rings (SSSR count). The van der Waals surface area contributed by atoms with Crippen molar-refractivity contribution < 1.29 is 4.79 Å². The maximum atomic E-state index is 11.9. The second kappa shape index (κ2) is 6.17. The minimum atomic E-state index is -0.168. The average molecular weight is 378 g/mol. The molecule has 0 spiro atoms. The van der Waals surface area contributed by atoms with Crippen LogP contribution < -0.4 is 11.1 Å². The van der Waals surface area contributed by atoms with Crippen LogP contribution >= 0.6 is 31.9 Å². The minimum Gasteiger partial charge on any atom is -0.327 e. The molecule has 0 aliphatic carbocycles. The zero-order chi connectivity index (χ0) is 13.9. The summed E-state index contributed by atoms with van der Waals surface area (Å²) in [4.78, 5) is 11.9. The van der Waals surface area contributed by atoms with Crippen molar-refractivity contribution in [3.8, 4) is 0 Å². The number of halogens is 2. The molecule has 0 heterocycles. The van der Waals surface area contributed by atoms with E-state index in [4.69, 9.17) is 5.73 Å². The van der Waals surface area contributed by atoms with Gasteiger partial charge in [0.05, 0.1) is 5.69 Å². The second-order valence-electron chi connectivity index (χ2n) is 5.32. The zero-order valence-corrected chi connectivity index (χ0v) is 13.9. The highest BCUT2D eigenvalue weighted by Crippen LogP contribution is 2.31. The SMILES string of the molecule is CC(C)(C)C(N)CC(=O)Nc1c(Br)cccc1Br. The summed E-state index contributed by atoms with van der Waals surface area (Å²) in [6.07, 6.45) is 0.303. The lowest BCUT2D eigenvalue weighted by atomic mass is 9.85. The van der Waals surface area contributed by atoms with E-state index in [2.05, 4.69) is 37.2 Å². The first kappa shape index (κ1) is 15.7. The van der Waals surface area contributed by atoms with Crippen molar-refractivity contribution in [2.24, 2.45) is 11.1 Å². The molecule has 1 aromatic rings. The Morgan fingerprint density at radius 1 is 1.33 bits per heavy atom. The number of hydrogen-bond acceptors (Lipinski definition) is 2. The molecule has 0 fully saturated rings. The van der Waals surface area contributed by atoms with Crippen LogP contribution in [-0.4, -0.2) is 11.9 Å². The monoisotopic (exact) mass is 376 g/mol. The van der Waals surface area contributed by atoms with Crippen molar-refractivity contribution in [2.75, 3.05) is 5.32 Å². The summed E-state index contributed by atoms with van der Waals surface area (Å²) in [5.74, 6) is -0.0787. The molecule has 1 atom stereocenters. The molecule has 0 aliphatic heterocycles. The molecule has 0 saturated heterocycles. The highest BCUT2D eigenvalue weighted by atomic mass is 79.9. The van der Waals surface area contributed by atoms with E-state index in [0.29, 0.717) is 6.42 Å². The highest BCUT2D eigenvalue weighted by Gasteiger charge is 2.23. The van der Waals surface area contributed by atoms with Crippen LogP contribution in [0.25, 0.3) is 0 Å². The van der Waals surface area contributed by atoms with Crippen LogP contribution in [-0.2, 0) is 4.79 Å². The van der Waals surface area contributed by atoms with Crippen LogP contribution in [0.5, 0.6) is 0 Å². The van der Waals surface area contributed by atoms with Crippen LogP contribution in [0.15, 0.2) is 27.1 Å². The second-order valence-corrected chi connectivity index (χ2v) is 7.03. The fourth-order valence-corrected chi connectivity index (χ4v) is 2.51. The quantitative estimate of drug-likeness (QED) is 0.838. The van der Waals surface area contributed by atoms with Gasteiger partial charge in [-0.2, -0.15) is 0 Å². The summed E-state index contributed by atoms with van der Waals surface area (Å²) in [5, 5.41) is 2.87. The highest BCUT2D eigenvalue weighted by molar-refractivity contribution is 9.11. The maximum Gasteiger partial charge on any atom is 0.226 e. The van der Waals surface area contributed by atoms with Crippen molar-refractivity contribution >= 4 is 43.5 Å². The third-order valence-corrected chi connectivity index (χ3v) is 4.07. The number of anilines is 1. The molecule has 3 N–H and O–H groups in total. The Bertz CT molecular complexity index is 421. The number of para-hydroxylation sites is 1. The molecule has 100 valence electrons. The minimum absolute atomic E-state index is 0.0787. The van der Waals surface area contributed by atoms with Gasteiger partial charge in [-0.05, 0) is 49.4 Å². The van der Waals surface area contributed by atoms with Crippen LogP contribution in [0.4, 0.5) is 5.69 Å². The summed E-state index contributed by atoms with van der Waals surface area (Å²) in [6.45, 7) is 6.08. The molecule has 5 heteroatoms. The van der Waals surface area contributed by atoms with E-state index >= 15 is 0 Å². The first-order valence-electron chi connectivity index (χ1n) is 5.71. The summed E-state index contributed by atoms with van der Waals surface area (Å²) >= 11 is 6.81. The summed E-state index contributed by atoms with van der Waals surface area (Å²) < 4.78 is 1.68. The van der Waals surface area contributed by atoms with Gasteiger partial charge in [0.15, 0.2) is 0 Å². The Morgan fingerprint density at radius 3 is 2.28 bits per heavy atom. The molecule has 0 aromatic heterocycles. The smallest absolute Gasteiger partial charge is 0.226 e. The van der Waals surface area contributed by atoms with E-state index in [9.17, 15) is 4.79 Å². The number of benzene rings is 1. The Hall–Kier alpha value is -0.390. The van der Waals surface area contributed by atoms with Gasteiger partial charge in [0.1, 0.15) is 0 Å². The van der Waals surface area contributed by atoms with Gasteiger partial charge in [0.25, 0.3) is 0 Å². The third-order valence-electron chi connectivity index (χ3n) is 2.74. The van der Waals surface area contributed by atoms with Gasteiger partial charge in [-0.3, -0.25) is 4.79 Å². The van der Waals surface area contributed by atoms with E-state index in [1.54, 1.807) is 0 Å². The predicted octanol–water partition coefficient (Wildman–Crippen LogP) is 3.91. The molecule has 18 heavy (non-hydrogen) atoms. The van der Waals surface area contributed by atoms with Gasteiger partial charge in [0.2, 0.25) is 5.91 Å². The zero-order valence-electron chi connectivity index (χ0n) is 10.8. The van der Waals surface area contributed by atoms with E-state index in [1.807, 2.05) is 39.0 Å². The largest absolute Gasteiger partial charge is 0.327 e. The molecule has 0 radical (unpaired) electrons. The number of nitrogens with one attached hydrogen (secondary N) is 1. The lowest BCUT2D eigenvalue weighted by Gasteiger charge is -2.26. The first-order valence-corrected chi connectivity index (χ1v) is 7.30. The maximum absolute atomic E-state index is 11.9. The average Bonchev–Trinajstić information content (AvgIpc) is 2.22. The van der Waals surface area contributed by atoms with Crippen molar-refractivity contribution in [1.82, 2.24) is 0 Å². The normalized spacial score (nSPS) is 13.2. The first-order chi connectivity index (χ1) is 8.21. The van der Waals surface area contributed by atoms with Crippen molar-refractivity contribution in [1.29, 1.82) is 0 Å². The Morgan fingerprint density at radius 2 is 1.83 bits per heavy atom. The summed E-state index contributed by atoms with van der Waals surface area (Å²) in [7, 11) is 0.